The molecule has 1 aromatic carbocycles. The first kappa shape index (κ1) is 25.7. The van der Waals surface area contributed by atoms with Crippen molar-refractivity contribution in [2.24, 2.45) is 5.73 Å². The van der Waals surface area contributed by atoms with Crippen molar-refractivity contribution < 1.29 is 23.6 Å². The zero-order chi connectivity index (χ0) is 20.9. The highest BCUT2D eigenvalue weighted by Gasteiger charge is 2.54. The predicted molar refractivity (Wildman–Crippen MR) is 116 cm³/mol. The normalized spacial score (nSPS) is 20.3. The third-order valence-corrected chi connectivity index (χ3v) is 5.55. The lowest BCUT2D eigenvalue weighted by Crippen LogP contribution is -2.55. The van der Waals surface area contributed by atoms with Crippen molar-refractivity contribution in [2.45, 2.75) is 70.3 Å². The van der Waals surface area contributed by atoms with E-state index < -0.39 is 36.4 Å². The van der Waals surface area contributed by atoms with E-state index in [1.54, 1.807) is 6.92 Å². The summed E-state index contributed by atoms with van der Waals surface area (Å²) in [4.78, 5) is 12.6. The second-order valence-electron chi connectivity index (χ2n) is 8.16. The summed E-state index contributed by atoms with van der Waals surface area (Å²) in [7, 11) is 0.926. The molecule has 0 saturated carbocycles. The maximum atomic E-state index is 12.6. The largest absolute Gasteiger partial charge is 0.494 e. The highest BCUT2D eigenvalue weighted by atomic mass is 35.5. The van der Waals surface area contributed by atoms with Gasteiger partial charge in [-0.3, -0.25) is 4.79 Å². The van der Waals surface area contributed by atoms with Crippen molar-refractivity contribution in [3.8, 4) is 5.75 Å². The van der Waals surface area contributed by atoms with Crippen LogP contribution in [0.25, 0.3) is 0 Å². The molecular formula is C20H34BClN2O5. The smallest absolute Gasteiger partial charge is 0.481 e. The highest BCUT2D eigenvalue weighted by Crippen LogP contribution is 2.37. The molecule has 0 aliphatic carbocycles. The molecule has 0 radical (unpaired) electrons. The summed E-state index contributed by atoms with van der Waals surface area (Å²) in [5, 5.41) is 2.96. The van der Waals surface area contributed by atoms with Gasteiger partial charge < -0.3 is 29.8 Å². The molecule has 164 valence electrons. The standard InChI is InChI=1S/C20H33BN2O5.ClH/c1-14(25-6)17(22)18(24)23-16(12-13-26-15-10-8-7-9-11-15)21-27-19(2,3)20(4,5)28-21;/h7-11,14,16-17H,12-13,22H2,1-6H3,(H,23,24);1H/t14-,16-,17?;/m0./s1. The Balaban J connectivity index is 0.00000420. The fraction of sp³-hybridized carbons (Fsp3) is 0.650. The number of amides is 1. The first-order valence-electron chi connectivity index (χ1n) is 9.69. The summed E-state index contributed by atoms with van der Waals surface area (Å²) >= 11 is 0. The molecule has 9 heteroatoms. The van der Waals surface area contributed by atoms with Crippen LogP contribution in [0.15, 0.2) is 30.3 Å². The van der Waals surface area contributed by atoms with Crippen LogP contribution in [0.1, 0.15) is 41.0 Å². The van der Waals surface area contributed by atoms with Crippen LogP contribution in [0.4, 0.5) is 0 Å². The molecule has 0 spiro atoms. The number of para-hydroxylation sites is 1. The average Bonchev–Trinajstić information content (AvgIpc) is 2.87. The van der Waals surface area contributed by atoms with Crippen LogP contribution in [0.5, 0.6) is 5.75 Å². The first-order chi connectivity index (χ1) is 13.1. The Morgan fingerprint density at radius 3 is 2.24 bits per heavy atom. The van der Waals surface area contributed by atoms with Crippen molar-refractivity contribution in [1.29, 1.82) is 0 Å². The Bertz CT molecular complexity index is 631. The van der Waals surface area contributed by atoms with Crippen LogP contribution >= 0.6 is 12.4 Å². The molecule has 7 nitrogen and oxygen atoms in total. The minimum Gasteiger partial charge on any atom is -0.494 e. The number of carbonyl (C=O) groups is 1. The molecule has 1 amide bonds. The summed E-state index contributed by atoms with van der Waals surface area (Å²) < 4.78 is 23.2. The fourth-order valence-electron chi connectivity index (χ4n) is 2.79. The predicted octanol–water partition coefficient (Wildman–Crippen LogP) is 2.36. The molecule has 29 heavy (non-hydrogen) atoms. The van der Waals surface area contributed by atoms with Gasteiger partial charge in [0, 0.05) is 13.5 Å². The van der Waals surface area contributed by atoms with Crippen molar-refractivity contribution in [2.75, 3.05) is 13.7 Å². The third kappa shape index (κ3) is 6.59. The van der Waals surface area contributed by atoms with Crippen LogP contribution in [0.2, 0.25) is 0 Å². The van der Waals surface area contributed by atoms with Gasteiger partial charge in [0.1, 0.15) is 11.8 Å². The molecule has 1 fully saturated rings. The van der Waals surface area contributed by atoms with Crippen LogP contribution < -0.4 is 15.8 Å². The van der Waals surface area contributed by atoms with Crippen molar-refractivity contribution in [1.82, 2.24) is 5.32 Å². The van der Waals surface area contributed by atoms with E-state index >= 15 is 0 Å². The maximum Gasteiger partial charge on any atom is 0.481 e. The van der Waals surface area contributed by atoms with E-state index in [-0.39, 0.29) is 18.3 Å². The lowest BCUT2D eigenvalue weighted by Gasteiger charge is -2.32. The Kier molecular flexibility index (Phi) is 9.43. The SMILES string of the molecule is CO[C@@H](C)C(N)C(=O)N[C@@H](CCOc1ccccc1)B1OC(C)(C)C(C)(C)O1.Cl. The second-order valence-corrected chi connectivity index (χ2v) is 8.16. The second kappa shape index (κ2) is 10.6. The van der Waals surface area contributed by atoms with E-state index in [9.17, 15) is 4.79 Å². The number of halogens is 1. The number of hydrogen-bond acceptors (Lipinski definition) is 6. The number of rotatable bonds is 9. The number of carbonyl (C=O) groups excluding carboxylic acids is 1. The third-order valence-electron chi connectivity index (χ3n) is 5.55. The molecule has 1 saturated heterocycles. The fourth-order valence-corrected chi connectivity index (χ4v) is 2.79. The van der Waals surface area contributed by atoms with Crippen LogP contribution in [0.3, 0.4) is 0 Å². The Morgan fingerprint density at radius 1 is 1.17 bits per heavy atom. The van der Waals surface area contributed by atoms with Gasteiger partial charge in [0.2, 0.25) is 5.91 Å². The molecule has 1 aliphatic rings. The molecule has 1 heterocycles. The van der Waals surface area contributed by atoms with Gasteiger partial charge in [0.15, 0.2) is 0 Å². The summed E-state index contributed by atoms with van der Waals surface area (Å²) in [6, 6.07) is 8.74. The minimum absolute atomic E-state index is 0. The van der Waals surface area contributed by atoms with Crippen molar-refractivity contribution >= 4 is 25.4 Å². The van der Waals surface area contributed by atoms with E-state index in [0.717, 1.165) is 5.75 Å². The molecule has 3 N–H and O–H groups in total. The van der Waals surface area contributed by atoms with Gasteiger partial charge >= 0.3 is 7.12 Å². The number of nitrogens with one attached hydrogen (secondary N) is 1. The first-order valence-corrected chi connectivity index (χ1v) is 9.69. The minimum atomic E-state index is -0.787. The highest BCUT2D eigenvalue weighted by molar-refractivity contribution is 6.48. The molecule has 3 atom stereocenters. The van der Waals surface area contributed by atoms with E-state index in [1.807, 2.05) is 58.0 Å². The van der Waals surface area contributed by atoms with E-state index in [4.69, 9.17) is 24.5 Å². The summed E-state index contributed by atoms with van der Waals surface area (Å²) in [5.41, 5.74) is 5.00. The summed E-state index contributed by atoms with van der Waals surface area (Å²) in [6.07, 6.45) is 0.102. The van der Waals surface area contributed by atoms with Gasteiger partial charge in [-0.2, -0.15) is 0 Å². The molecule has 0 bridgehead atoms. The zero-order valence-electron chi connectivity index (χ0n) is 18.1. The van der Waals surface area contributed by atoms with Gasteiger partial charge in [-0.05, 0) is 46.8 Å². The molecule has 1 aliphatic heterocycles. The summed E-state index contributed by atoms with van der Waals surface area (Å²) in [5.74, 6) is 0.0485. The quantitative estimate of drug-likeness (QED) is 0.587. The Labute approximate surface area is 180 Å². The number of nitrogens with two attached hydrogens (primary N) is 1. The van der Waals surface area contributed by atoms with Gasteiger partial charge in [-0.1, -0.05) is 18.2 Å². The molecule has 1 aromatic rings. The van der Waals surface area contributed by atoms with Crippen molar-refractivity contribution in [3.63, 3.8) is 0 Å². The Hall–Kier alpha value is -1.32. The number of methoxy groups -OCH3 is 1. The average molecular weight is 429 g/mol. The molecule has 2 rings (SSSR count). The number of hydrogen-bond donors (Lipinski definition) is 2. The van der Waals surface area contributed by atoms with Gasteiger partial charge in [0.25, 0.3) is 0 Å². The zero-order valence-corrected chi connectivity index (χ0v) is 19.0. The van der Waals surface area contributed by atoms with E-state index in [2.05, 4.69) is 5.32 Å². The van der Waals surface area contributed by atoms with Gasteiger partial charge in [-0.25, -0.2) is 0 Å². The number of benzene rings is 1. The monoisotopic (exact) mass is 428 g/mol. The van der Waals surface area contributed by atoms with Gasteiger partial charge in [-0.15, -0.1) is 12.4 Å². The molecule has 1 unspecified atom stereocenters. The lowest BCUT2D eigenvalue weighted by molar-refractivity contribution is -0.125. The lowest BCUT2D eigenvalue weighted by atomic mass is 9.76. The molecule has 0 aromatic heterocycles. The summed E-state index contributed by atoms with van der Waals surface area (Å²) in [6.45, 7) is 10.1. The topological polar surface area (TPSA) is 92.0 Å². The van der Waals surface area contributed by atoms with Crippen molar-refractivity contribution in [3.05, 3.63) is 30.3 Å². The number of ether oxygens (including phenoxy) is 2. The van der Waals surface area contributed by atoms with Crippen LogP contribution in [-0.4, -0.2) is 56.0 Å². The maximum absolute atomic E-state index is 12.6. The van der Waals surface area contributed by atoms with E-state index in [0.29, 0.717) is 13.0 Å². The van der Waals surface area contributed by atoms with E-state index in [1.165, 1.54) is 7.11 Å². The van der Waals surface area contributed by atoms with Crippen LogP contribution in [0, 0.1) is 0 Å². The Morgan fingerprint density at radius 2 is 1.72 bits per heavy atom. The molecular weight excluding hydrogens is 394 g/mol. The van der Waals surface area contributed by atoms with Crippen LogP contribution in [-0.2, 0) is 18.8 Å². The van der Waals surface area contributed by atoms with Gasteiger partial charge in [0.05, 0.1) is 29.9 Å².